The van der Waals surface area contributed by atoms with E-state index < -0.39 is 11.9 Å². The number of halogens is 1. The Kier molecular flexibility index (Phi) is 5.15. The number of hydrogen-bond acceptors (Lipinski definition) is 4. The van der Waals surface area contributed by atoms with Crippen molar-refractivity contribution in [2.24, 2.45) is 0 Å². The van der Waals surface area contributed by atoms with E-state index in [1.807, 2.05) is 0 Å². The smallest absolute Gasteiger partial charge is 0.167 e. The maximum atomic E-state index is 13.6. The van der Waals surface area contributed by atoms with Crippen LogP contribution in [0.5, 0.6) is 5.75 Å². The van der Waals surface area contributed by atoms with Gasteiger partial charge in [0.2, 0.25) is 0 Å². The summed E-state index contributed by atoms with van der Waals surface area (Å²) in [6, 6.07) is 8.43. The lowest BCUT2D eigenvalue weighted by Gasteiger charge is -2.13. The van der Waals surface area contributed by atoms with Crippen molar-refractivity contribution in [3.63, 3.8) is 0 Å². The van der Waals surface area contributed by atoms with Gasteiger partial charge in [0, 0.05) is 0 Å². The van der Waals surface area contributed by atoms with Gasteiger partial charge in [-0.05, 0) is 30.7 Å². The standard InChI is InChI=1S/C15H17FO4/c1-11-4-2-6-14(15(11)16)20-9-12(17)8-18-10-13-5-3-7-19-13/h2-7,12,17H,8-10H2,1H3. The van der Waals surface area contributed by atoms with Crippen LogP contribution in [0.25, 0.3) is 0 Å². The fourth-order valence-electron chi connectivity index (χ4n) is 1.66. The minimum Gasteiger partial charge on any atom is -0.488 e. The first kappa shape index (κ1) is 14.6. The van der Waals surface area contributed by atoms with Crippen molar-refractivity contribution >= 4 is 0 Å². The van der Waals surface area contributed by atoms with Gasteiger partial charge in [0.15, 0.2) is 11.6 Å². The van der Waals surface area contributed by atoms with Crippen LogP contribution in [0.4, 0.5) is 4.39 Å². The van der Waals surface area contributed by atoms with Gasteiger partial charge in [-0.3, -0.25) is 0 Å². The van der Waals surface area contributed by atoms with Gasteiger partial charge in [-0.25, -0.2) is 4.39 Å². The van der Waals surface area contributed by atoms with Crippen LogP contribution in [0.15, 0.2) is 41.0 Å². The molecule has 1 N–H and O–H groups in total. The minimum atomic E-state index is -0.829. The van der Waals surface area contributed by atoms with E-state index in [0.717, 1.165) is 0 Å². The number of benzene rings is 1. The molecule has 0 amide bonds. The van der Waals surface area contributed by atoms with Gasteiger partial charge < -0.3 is 19.0 Å². The molecule has 0 spiro atoms. The predicted octanol–water partition coefficient (Wildman–Crippen LogP) is 2.68. The fraction of sp³-hybridized carbons (Fsp3) is 0.333. The number of aryl methyl sites for hydroxylation is 1. The van der Waals surface area contributed by atoms with E-state index in [9.17, 15) is 9.50 Å². The Bertz CT molecular complexity index is 525. The van der Waals surface area contributed by atoms with Crippen LogP contribution >= 0.6 is 0 Å². The summed E-state index contributed by atoms with van der Waals surface area (Å²) in [7, 11) is 0. The van der Waals surface area contributed by atoms with E-state index in [1.54, 1.807) is 37.5 Å². The van der Waals surface area contributed by atoms with Crippen molar-refractivity contribution in [3.05, 3.63) is 53.7 Å². The van der Waals surface area contributed by atoms with Crippen LogP contribution in [-0.4, -0.2) is 24.4 Å². The Balaban J connectivity index is 1.72. The first-order valence-corrected chi connectivity index (χ1v) is 6.33. The number of ether oxygens (including phenoxy) is 2. The third-order valence-electron chi connectivity index (χ3n) is 2.72. The molecule has 0 aliphatic heterocycles. The molecule has 1 unspecified atom stereocenters. The Hall–Kier alpha value is -1.85. The van der Waals surface area contributed by atoms with Crippen molar-refractivity contribution < 1.29 is 23.4 Å². The topological polar surface area (TPSA) is 51.8 Å². The van der Waals surface area contributed by atoms with E-state index in [4.69, 9.17) is 13.9 Å². The minimum absolute atomic E-state index is 0.0292. The van der Waals surface area contributed by atoms with Crippen molar-refractivity contribution in [3.8, 4) is 5.75 Å². The highest BCUT2D eigenvalue weighted by Gasteiger charge is 2.10. The van der Waals surface area contributed by atoms with Gasteiger partial charge in [0.1, 0.15) is 25.1 Å². The number of aliphatic hydroxyl groups is 1. The second-order valence-corrected chi connectivity index (χ2v) is 4.45. The van der Waals surface area contributed by atoms with E-state index in [1.165, 1.54) is 6.07 Å². The Morgan fingerprint density at radius 1 is 1.25 bits per heavy atom. The quantitative estimate of drug-likeness (QED) is 0.847. The molecule has 0 saturated heterocycles. The molecule has 0 saturated carbocycles. The first-order valence-electron chi connectivity index (χ1n) is 6.33. The molecule has 1 aromatic heterocycles. The van der Waals surface area contributed by atoms with E-state index in [2.05, 4.69) is 0 Å². The summed E-state index contributed by atoms with van der Waals surface area (Å²) in [5.41, 5.74) is 0.506. The molecule has 0 bridgehead atoms. The Morgan fingerprint density at radius 3 is 2.85 bits per heavy atom. The van der Waals surface area contributed by atoms with Crippen LogP contribution in [0, 0.1) is 12.7 Å². The first-order chi connectivity index (χ1) is 9.66. The monoisotopic (exact) mass is 280 g/mol. The lowest BCUT2D eigenvalue weighted by molar-refractivity contribution is 0.000271. The average molecular weight is 280 g/mol. The molecule has 4 nitrogen and oxygen atoms in total. The summed E-state index contributed by atoms with van der Waals surface area (Å²) < 4.78 is 29.2. The largest absolute Gasteiger partial charge is 0.488 e. The molecule has 1 aromatic carbocycles. The summed E-state index contributed by atoms with van der Waals surface area (Å²) in [4.78, 5) is 0. The second kappa shape index (κ2) is 7.07. The molecule has 108 valence electrons. The Labute approximate surface area is 116 Å². The van der Waals surface area contributed by atoms with Crippen LogP contribution in [0.2, 0.25) is 0 Å². The zero-order valence-corrected chi connectivity index (χ0v) is 11.2. The Morgan fingerprint density at radius 2 is 2.10 bits per heavy atom. The number of aliphatic hydroxyl groups excluding tert-OH is 1. The third kappa shape index (κ3) is 4.08. The molecule has 2 rings (SSSR count). The molecule has 0 radical (unpaired) electrons. The summed E-state index contributed by atoms with van der Waals surface area (Å²) in [5, 5.41) is 9.70. The summed E-state index contributed by atoms with van der Waals surface area (Å²) in [6.45, 7) is 2.00. The normalized spacial score (nSPS) is 12.3. The number of hydrogen-bond donors (Lipinski definition) is 1. The van der Waals surface area contributed by atoms with Gasteiger partial charge >= 0.3 is 0 Å². The molecular weight excluding hydrogens is 263 g/mol. The summed E-state index contributed by atoms with van der Waals surface area (Å²) in [5.74, 6) is 0.411. The van der Waals surface area contributed by atoms with Gasteiger partial charge in [-0.1, -0.05) is 12.1 Å². The van der Waals surface area contributed by atoms with Crippen molar-refractivity contribution in [2.75, 3.05) is 13.2 Å². The van der Waals surface area contributed by atoms with Crippen molar-refractivity contribution in [1.82, 2.24) is 0 Å². The molecule has 0 aliphatic carbocycles. The molecule has 1 heterocycles. The number of rotatable bonds is 7. The third-order valence-corrected chi connectivity index (χ3v) is 2.72. The van der Waals surface area contributed by atoms with Crippen LogP contribution in [0.3, 0.4) is 0 Å². The lowest BCUT2D eigenvalue weighted by atomic mass is 10.2. The van der Waals surface area contributed by atoms with Crippen LogP contribution in [0.1, 0.15) is 11.3 Å². The van der Waals surface area contributed by atoms with Gasteiger partial charge in [-0.15, -0.1) is 0 Å². The zero-order valence-electron chi connectivity index (χ0n) is 11.2. The highest BCUT2D eigenvalue weighted by molar-refractivity contribution is 5.30. The lowest BCUT2D eigenvalue weighted by Crippen LogP contribution is -2.23. The second-order valence-electron chi connectivity index (χ2n) is 4.45. The average Bonchev–Trinajstić information content (AvgIpc) is 2.94. The number of furan rings is 1. The van der Waals surface area contributed by atoms with Gasteiger partial charge in [0.05, 0.1) is 12.9 Å². The molecular formula is C15H17FO4. The zero-order chi connectivity index (χ0) is 14.4. The van der Waals surface area contributed by atoms with E-state index in [0.29, 0.717) is 11.3 Å². The summed E-state index contributed by atoms with van der Waals surface area (Å²) in [6.07, 6.45) is 0.725. The van der Waals surface area contributed by atoms with Crippen LogP contribution < -0.4 is 4.74 Å². The SMILES string of the molecule is Cc1cccc(OCC(O)COCc2ccco2)c1F. The van der Waals surface area contributed by atoms with Crippen molar-refractivity contribution in [2.45, 2.75) is 19.6 Å². The highest BCUT2D eigenvalue weighted by atomic mass is 19.1. The molecule has 20 heavy (non-hydrogen) atoms. The van der Waals surface area contributed by atoms with Gasteiger partial charge in [-0.2, -0.15) is 0 Å². The summed E-state index contributed by atoms with van der Waals surface area (Å²) >= 11 is 0. The fourth-order valence-corrected chi connectivity index (χ4v) is 1.66. The molecule has 2 aromatic rings. The maximum Gasteiger partial charge on any atom is 0.167 e. The molecule has 5 heteroatoms. The van der Waals surface area contributed by atoms with Crippen molar-refractivity contribution in [1.29, 1.82) is 0 Å². The van der Waals surface area contributed by atoms with Crippen LogP contribution in [-0.2, 0) is 11.3 Å². The molecule has 0 fully saturated rings. The highest BCUT2D eigenvalue weighted by Crippen LogP contribution is 2.19. The molecule has 1 atom stereocenters. The van der Waals surface area contributed by atoms with Gasteiger partial charge in [0.25, 0.3) is 0 Å². The van der Waals surface area contributed by atoms with E-state index in [-0.39, 0.29) is 25.6 Å². The maximum absolute atomic E-state index is 13.6. The van der Waals surface area contributed by atoms with E-state index >= 15 is 0 Å². The predicted molar refractivity (Wildman–Crippen MR) is 71.0 cm³/mol. The molecule has 0 aliphatic rings.